The topological polar surface area (TPSA) is 125 Å². The zero-order valence-electron chi connectivity index (χ0n) is 12.2. The van der Waals surface area contributed by atoms with Gasteiger partial charge in [0, 0.05) is 0 Å². The number of carbonyl (C=O) groups excluding carboxylic acids is 2. The van der Waals surface area contributed by atoms with E-state index in [0.717, 1.165) is 24.3 Å². The highest BCUT2D eigenvalue weighted by atomic mass is 32.2. The fraction of sp³-hybridized carbons (Fsp3) is 0.333. The fourth-order valence-corrected chi connectivity index (χ4v) is 2.32. The van der Waals surface area contributed by atoms with Crippen molar-refractivity contribution in [2.45, 2.75) is 24.3 Å². The fourth-order valence-electron chi connectivity index (χ4n) is 1.35. The summed E-state index contributed by atoms with van der Waals surface area (Å²) >= 11 is 0. The summed E-state index contributed by atoms with van der Waals surface area (Å²) < 4.78 is 69.8. The Labute approximate surface area is 134 Å². The third-order valence-corrected chi connectivity index (χ3v) is 3.90. The molecule has 1 rings (SSSR count). The summed E-state index contributed by atoms with van der Waals surface area (Å²) in [5.41, 5.74) is 4.87. The summed E-state index contributed by atoms with van der Waals surface area (Å²) in [6.45, 7) is 0.412. The van der Waals surface area contributed by atoms with E-state index in [2.05, 4.69) is 9.47 Å². The van der Waals surface area contributed by atoms with Crippen LogP contribution in [0.3, 0.4) is 0 Å². The molecule has 0 aliphatic carbocycles. The summed E-state index contributed by atoms with van der Waals surface area (Å²) in [5, 5.41) is 0. The number of esters is 1. The Kier molecular flexibility index (Phi) is 6.15. The minimum absolute atomic E-state index is 0.396. The molecule has 0 radical (unpaired) electrons. The van der Waals surface area contributed by atoms with Crippen molar-refractivity contribution in [3.63, 3.8) is 0 Å². The molecule has 0 unspecified atom stereocenters. The van der Waals surface area contributed by atoms with Crippen molar-refractivity contribution >= 4 is 21.9 Å². The molecule has 1 amide bonds. The van der Waals surface area contributed by atoms with Gasteiger partial charge in [0.15, 0.2) is 6.10 Å². The van der Waals surface area contributed by atoms with E-state index in [1.54, 1.807) is 0 Å². The highest BCUT2D eigenvalue weighted by molar-refractivity contribution is 7.89. The quantitative estimate of drug-likeness (QED) is 0.664. The number of carbonyl (C=O) groups is 2. The van der Waals surface area contributed by atoms with Gasteiger partial charge in [-0.2, -0.15) is 4.72 Å². The molecule has 8 nitrogen and oxygen atoms in total. The van der Waals surface area contributed by atoms with E-state index >= 15 is 0 Å². The summed E-state index contributed by atoms with van der Waals surface area (Å²) in [4.78, 5) is 21.7. The molecule has 12 heteroatoms. The van der Waals surface area contributed by atoms with Gasteiger partial charge in [-0.3, -0.25) is 9.59 Å². The smallest absolute Gasteiger partial charge is 0.452 e. The molecule has 1 atom stereocenters. The molecule has 134 valence electrons. The van der Waals surface area contributed by atoms with Crippen LogP contribution in [-0.4, -0.2) is 39.3 Å². The number of ether oxygens (including phenoxy) is 2. The van der Waals surface area contributed by atoms with Gasteiger partial charge < -0.3 is 15.2 Å². The second kappa shape index (κ2) is 7.49. The number of halogens is 3. The van der Waals surface area contributed by atoms with Crippen molar-refractivity contribution in [2.24, 2.45) is 5.73 Å². The Morgan fingerprint density at radius 3 is 2.25 bits per heavy atom. The summed E-state index contributed by atoms with van der Waals surface area (Å²) in [6, 6.07) is 3.33. The molecule has 3 N–H and O–H groups in total. The van der Waals surface area contributed by atoms with Crippen LogP contribution >= 0.6 is 0 Å². The van der Waals surface area contributed by atoms with Crippen LogP contribution < -0.4 is 15.2 Å². The van der Waals surface area contributed by atoms with Crippen molar-refractivity contribution in [3.05, 3.63) is 24.3 Å². The lowest BCUT2D eigenvalue weighted by Crippen LogP contribution is -2.36. The molecule has 1 aromatic carbocycles. The second-order valence-corrected chi connectivity index (χ2v) is 6.15. The van der Waals surface area contributed by atoms with Crippen molar-refractivity contribution in [2.75, 3.05) is 6.54 Å². The maximum Gasteiger partial charge on any atom is 0.573 e. The minimum Gasteiger partial charge on any atom is -0.452 e. The number of amides is 1. The molecule has 0 aliphatic heterocycles. The summed E-state index contributed by atoms with van der Waals surface area (Å²) in [5.74, 6) is -2.57. The van der Waals surface area contributed by atoms with Gasteiger partial charge in [0.25, 0.3) is 5.91 Å². The van der Waals surface area contributed by atoms with Crippen LogP contribution in [0, 0.1) is 0 Å². The molecular weight excluding hydrogens is 357 g/mol. The van der Waals surface area contributed by atoms with Crippen LogP contribution in [0.1, 0.15) is 6.92 Å². The molecule has 0 aromatic heterocycles. The first-order valence-electron chi connectivity index (χ1n) is 6.25. The second-order valence-electron chi connectivity index (χ2n) is 4.38. The van der Waals surface area contributed by atoms with Crippen LogP contribution in [0.4, 0.5) is 13.2 Å². The zero-order chi connectivity index (χ0) is 18.5. The van der Waals surface area contributed by atoms with Crippen LogP contribution in [0.2, 0.25) is 0 Å². The van der Waals surface area contributed by atoms with Gasteiger partial charge in [0.05, 0.1) is 4.90 Å². The van der Waals surface area contributed by atoms with Gasteiger partial charge in [-0.05, 0) is 31.2 Å². The summed E-state index contributed by atoms with van der Waals surface area (Å²) in [7, 11) is -4.18. The number of nitrogens with one attached hydrogen (secondary N) is 1. The maximum atomic E-state index is 12.0. The first kappa shape index (κ1) is 19.7. The molecular formula is C12H13F3N2O6S. The Bertz CT molecular complexity index is 702. The van der Waals surface area contributed by atoms with Crippen LogP contribution in [0.15, 0.2) is 29.2 Å². The minimum atomic E-state index is -4.90. The largest absolute Gasteiger partial charge is 0.573 e. The van der Waals surface area contributed by atoms with Crippen LogP contribution in [0.5, 0.6) is 5.75 Å². The standard InChI is InChI=1S/C12H13F3N2O6S/c1-7(11(16)19)22-10(18)6-17-24(20,21)9-4-2-8(3-5-9)23-12(13,14)15/h2-5,7,17H,6H2,1H3,(H2,16,19)/t7-/m0/s1. The molecule has 0 bridgehead atoms. The van der Waals surface area contributed by atoms with Gasteiger partial charge in [-0.15, -0.1) is 13.2 Å². The number of benzene rings is 1. The predicted octanol–water partition coefficient (Wildman–Crippen LogP) is 0.281. The normalized spacial score (nSPS) is 13.2. The Morgan fingerprint density at radius 2 is 1.79 bits per heavy atom. The first-order valence-corrected chi connectivity index (χ1v) is 7.73. The van der Waals surface area contributed by atoms with E-state index in [-0.39, 0.29) is 0 Å². The number of alkyl halides is 3. The van der Waals surface area contributed by atoms with E-state index in [1.165, 1.54) is 6.92 Å². The Morgan fingerprint density at radius 1 is 1.25 bits per heavy atom. The molecule has 0 saturated carbocycles. The van der Waals surface area contributed by atoms with Crippen molar-refractivity contribution in [1.82, 2.24) is 4.72 Å². The maximum absolute atomic E-state index is 12.0. The number of sulfonamides is 1. The van der Waals surface area contributed by atoms with Gasteiger partial charge in [0.1, 0.15) is 12.3 Å². The zero-order valence-corrected chi connectivity index (χ0v) is 13.0. The van der Waals surface area contributed by atoms with E-state index < -0.39 is 51.6 Å². The Hall–Kier alpha value is -2.34. The van der Waals surface area contributed by atoms with Gasteiger partial charge >= 0.3 is 12.3 Å². The number of nitrogens with two attached hydrogens (primary N) is 1. The van der Waals surface area contributed by atoms with E-state index in [9.17, 15) is 31.2 Å². The van der Waals surface area contributed by atoms with Gasteiger partial charge in [-0.25, -0.2) is 8.42 Å². The first-order chi connectivity index (χ1) is 10.9. The molecule has 1 aromatic rings. The van der Waals surface area contributed by atoms with E-state index in [1.807, 2.05) is 4.72 Å². The number of rotatable bonds is 7. The van der Waals surface area contributed by atoms with Crippen molar-refractivity contribution < 1.29 is 40.7 Å². The van der Waals surface area contributed by atoms with Gasteiger partial charge in [-0.1, -0.05) is 0 Å². The van der Waals surface area contributed by atoms with E-state index in [4.69, 9.17) is 5.73 Å². The lowest BCUT2D eigenvalue weighted by Gasteiger charge is -2.11. The van der Waals surface area contributed by atoms with Crippen molar-refractivity contribution in [1.29, 1.82) is 0 Å². The lowest BCUT2D eigenvalue weighted by atomic mass is 10.3. The highest BCUT2D eigenvalue weighted by Crippen LogP contribution is 2.23. The lowest BCUT2D eigenvalue weighted by molar-refractivity contribution is -0.274. The predicted molar refractivity (Wildman–Crippen MR) is 73.1 cm³/mol. The molecule has 0 saturated heterocycles. The molecule has 0 fully saturated rings. The Balaban J connectivity index is 2.68. The third-order valence-electron chi connectivity index (χ3n) is 2.48. The number of hydrogen-bond donors (Lipinski definition) is 2. The molecule has 0 spiro atoms. The number of hydrogen-bond acceptors (Lipinski definition) is 6. The highest BCUT2D eigenvalue weighted by Gasteiger charge is 2.31. The van der Waals surface area contributed by atoms with Crippen molar-refractivity contribution in [3.8, 4) is 5.75 Å². The monoisotopic (exact) mass is 370 g/mol. The van der Waals surface area contributed by atoms with E-state index in [0.29, 0.717) is 0 Å². The third kappa shape index (κ3) is 6.42. The molecule has 0 aliphatic rings. The summed E-state index contributed by atoms with van der Waals surface area (Å²) in [6.07, 6.45) is -6.14. The molecule has 24 heavy (non-hydrogen) atoms. The number of primary amides is 1. The van der Waals surface area contributed by atoms with Crippen LogP contribution in [-0.2, 0) is 24.3 Å². The SMILES string of the molecule is C[C@H](OC(=O)CNS(=O)(=O)c1ccc(OC(F)(F)F)cc1)C(N)=O. The van der Waals surface area contributed by atoms with Crippen LogP contribution in [0.25, 0.3) is 0 Å². The molecule has 0 heterocycles. The average molecular weight is 370 g/mol. The average Bonchev–Trinajstić information content (AvgIpc) is 2.44. The van der Waals surface area contributed by atoms with Gasteiger partial charge in [0.2, 0.25) is 10.0 Å².